The molecule has 3 rings (SSSR count). The molecule has 1 aromatic carbocycles. The number of benzene rings is 1. The van der Waals surface area contributed by atoms with Gasteiger partial charge in [0, 0.05) is 22.8 Å². The molecule has 2 heterocycles. The maximum absolute atomic E-state index is 11.2. The Kier molecular flexibility index (Phi) is 2.52. The van der Waals surface area contributed by atoms with Crippen molar-refractivity contribution in [2.45, 2.75) is 6.92 Å². The zero-order valence-electron chi connectivity index (χ0n) is 10.2. The van der Waals surface area contributed by atoms with Crippen LogP contribution in [0, 0.1) is 6.92 Å². The molecule has 2 aromatic heterocycles. The zero-order chi connectivity index (χ0) is 13.4. The van der Waals surface area contributed by atoms with Gasteiger partial charge in [-0.25, -0.2) is 4.79 Å². The van der Waals surface area contributed by atoms with E-state index in [1.165, 1.54) is 12.3 Å². The second-order valence-electron chi connectivity index (χ2n) is 4.30. The predicted octanol–water partition coefficient (Wildman–Crippen LogP) is 2.63. The van der Waals surface area contributed by atoms with Crippen molar-refractivity contribution in [3.8, 4) is 11.1 Å². The van der Waals surface area contributed by atoms with Crippen LogP contribution in [0.15, 0.2) is 36.7 Å². The Hall–Kier alpha value is -2.69. The number of fused-ring (bicyclic) bond motifs is 1. The molecule has 0 aliphatic heterocycles. The SMILES string of the molecule is Cc1[nH]ncc1-c1ccc2nccc(C(=O)O)c2c1. The van der Waals surface area contributed by atoms with Crippen LogP contribution in [-0.2, 0) is 0 Å². The van der Waals surface area contributed by atoms with Crippen molar-refractivity contribution in [1.82, 2.24) is 15.2 Å². The highest BCUT2D eigenvalue weighted by Crippen LogP contribution is 2.26. The first kappa shape index (κ1) is 11.4. The van der Waals surface area contributed by atoms with Gasteiger partial charge in [-0.05, 0) is 30.7 Å². The lowest BCUT2D eigenvalue weighted by molar-refractivity contribution is 0.0699. The molecule has 19 heavy (non-hydrogen) atoms. The number of aromatic amines is 1. The van der Waals surface area contributed by atoms with Crippen LogP contribution < -0.4 is 0 Å². The van der Waals surface area contributed by atoms with Crippen molar-refractivity contribution < 1.29 is 9.90 Å². The lowest BCUT2D eigenvalue weighted by Crippen LogP contribution is -1.98. The number of rotatable bonds is 2. The molecular weight excluding hydrogens is 242 g/mol. The minimum atomic E-state index is -0.950. The Balaban J connectivity index is 2.28. The maximum Gasteiger partial charge on any atom is 0.336 e. The summed E-state index contributed by atoms with van der Waals surface area (Å²) in [6, 6.07) is 7.09. The Morgan fingerprint density at radius 1 is 1.32 bits per heavy atom. The Labute approximate surface area is 108 Å². The van der Waals surface area contributed by atoms with Crippen molar-refractivity contribution >= 4 is 16.9 Å². The Morgan fingerprint density at radius 3 is 2.84 bits per heavy atom. The highest BCUT2D eigenvalue weighted by Gasteiger charge is 2.11. The maximum atomic E-state index is 11.2. The van der Waals surface area contributed by atoms with Gasteiger partial charge in [0.25, 0.3) is 0 Å². The number of carbonyl (C=O) groups is 1. The normalized spacial score (nSPS) is 10.8. The van der Waals surface area contributed by atoms with Gasteiger partial charge in [-0.15, -0.1) is 0 Å². The minimum Gasteiger partial charge on any atom is -0.478 e. The molecule has 0 atom stereocenters. The lowest BCUT2D eigenvalue weighted by atomic mass is 10.0. The number of nitrogens with one attached hydrogen (secondary N) is 1. The number of nitrogens with zero attached hydrogens (tertiary/aromatic N) is 2. The summed E-state index contributed by atoms with van der Waals surface area (Å²) in [6.45, 7) is 1.92. The molecule has 0 spiro atoms. The van der Waals surface area contributed by atoms with E-state index < -0.39 is 5.97 Å². The van der Waals surface area contributed by atoms with Crippen LogP contribution in [-0.4, -0.2) is 26.3 Å². The molecule has 94 valence electrons. The molecule has 0 bridgehead atoms. The van der Waals surface area contributed by atoms with Gasteiger partial charge in [-0.2, -0.15) is 5.10 Å². The summed E-state index contributed by atoms with van der Waals surface area (Å²) in [7, 11) is 0. The van der Waals surface area contributed by atoms with E-state index in [1.54, 1.807) is 6.20 Å². The van der Waals surface area contributed by atoms with E-state index in [4.69, 9.17) is 0 Å². The molecule has 0 unspecified atom stereocenters. The zero-order valence-corrected chi connectivity index (χ0v) is 10.2. The van der Waals surface area contributed by atoms with E-state index in [2.05, 4.69) is 15.2 Å². The molecule has 0 amide bonds. The fourth-order valence-corrected chi connectivity index (χ4v) is 2.14. The first-order chi connectivity index (χ1) is 9.16. The third-order valence-electron chi connectivity index (χ3n) is 3.11. The number of carboxylic acid groups (broad SMARTS) is 1. The van der Waals surface area contributed by atoms with Crippen LogP contribution in [0.5, 0.6) is 0 Å². The first-order valence-electron chi connectivity index (χ1n) is 5.79. The van der Waals surface area contributed by atoms with Crippen molar-refractivity contribution in [2.75, 3.05) is 0 Å². The van der Waals surface area contributed by atoms with Gasteiger partial charge in [0.05, 0.1) is 17.3 Å². The number of aromatic carboxylic acids is 1. The Bertz CT molecular complexity index is 777. The van der Waals surface area contributed by atoms with Crippen LogP contribution in [0.2, 0.25) is 0 Å². The summed E-state index contributed by atoms with van der Waals surface area (Å²) >= 11 is 0. The highest BCUT2D eigenvalue weighted by molar-refractivity contribution is 6.03. The molecular formula is C14H11N3O2. The number of pyridine rings is 1. The number of H-pyrrole nitrogens is 1. The molecule has 0 aliphatic carbocycles. The fourth-order valence-electron chi connectivity index (χ4n) is 2.14. The van der Waals surface area contributed by atoms with Crippen molar-refractivity contribution in [1.29, 1.82) is 0 Å². The van der Waals surface area contributed by atoms with E-state index in [1.807, 2.05) is 25.1 Å². The Morgan fingerprint density at radius 2 is 2.16 bits per heavy atom. The van der Waals surface area contributed by atoms with Gasteiger partial charge in [0.15, 0.2) is 0 Å². The van der Waals surface area contributed by atoms with Gasteiger partial charge in [-0.3, -0.25) is 10.1 Å². The minimum absolute atomic E-state index is 0.257. The highest BCUT2D eigenvalue weighted by atomic mass is 16.4. The van der Waals surface area contributed by atoms with Gasteiger partial charge in [0.1, 0.15) is 0 Å². The summed E-state index contributed by atoms with van der Waals surface area (Å²) in [4.78, 5) is 15.4. The predicted molar refractivity (Wildman–Crippen MR) is 71.0 cm³/mol. The van der Waals surface area contributed by atoms with Crippen LogP contribution in [0.25, 0.3) is 22.0 Å². The third-order valence-corrected chi connectivity index (χ3v) is 3.11. The van der Waals surface area contributed by atoms with Crippen LogP contribution in [0.1, 0.15) is 16.1 Å². The second-order valence-corrected chi connectivity index (χ2v) is 4.30. The lowest BCUT2D eigenvalue weighted by Gasteiger charge is -2.05. The van der Waals surface area contributed by atoms with Gasteiger partial charge in [-0.1, -0.05) is 6.07 Å². The molecule has 0 saturated carbocycles. The quantitative estimate of drug-likeness (QED) is 0.735. The second kappa shape index (κ2) is 4.20. The molecule has 0 saturated heterocycles. The molecule has 3 aromatic rings. The summed E-state index contributed by atoms with van der Waals surface area (Å²) in [5.41, 5.74) is 3.76. The number of hydrogen-bond donors (Lipinski definition) is 2. The average Bonchev–Trinajstić information content (AvgIpc) is 2.83. The number of aromatic nitrogens is 3. The largest absolute Gasteiger partial charge is 0.478 e. The third kappa shape index (κ3) is 1.85. The number of aryl methyl sites for hydroxylation is 1. The van der Waals surface area contributed by atoms with Crippen LogP contribution in [0.3, 0.4) is 0 Å². The van der Waals surface area contributed by atoms with Gasteiger partial charge in [0.2, 0.25) is 0 Å². The first-order valence-corrected chi connectivity index (χ1v) is 5.79. The topological polar surface area (TPSA) is 78.9 Å². The molecule has 0 fully saturated rings. The summed E-state index contributed by atoms with van der Waals surface area (Å²) in [6.07, 6.45) is 3.24. The summed E-state index contributed by atoms with van der Waals surface area (Å²) < 4.78 is 0. The van der Waals surface area contributed by atoms with Crippen molar-refractivity contribution in [2.24, 2.45) is 0 Å². The van der Waals surface area contributed by atoms with Gasteiger partial charge >= 0.3 is 5.97 Å². The number of carboxylic acids is 1. The van der Waals surface area contributed by atoms with Crippen molar-refractivity contribution in [3.63, 3.8) is 0 Å². The fraction of sp³-hybridized carbons (Fsp3) is 0.0714. The van der Waals surface area contributed by atoms with E-state index in [0.717, 1.165) is 16.8 Å². The average molecular weight is 253 g/mol. The van der Waals surface area contributed by atoms with Crippen molar-refractivity contribution in [3.05, 3.63) is 47.9 Å². The van der Waals surface area contributed by atoms with Crippen LogP contribution >= 0.6 is 0 Å². The van der Waals surface area contributed by atoms with E-state index >= 15 is 0 Å². The molecule has 5 heteroatoms. The summed E-state index contributed by atoms with van der Waals surface area (Å²) in [5.74, 6) is -0.950. The smallest absolute Gasteiger partial charge is 0.336 e. The van der Waals surface area contributed by atoms with E-state index in [9.17, 15) is 9.90 Å². The molecule has 2 N–H and O–H groups in total. The molecule has 0 radical (unpaired) electrons. The van der Waals surface area contributed by atoms with E-state index in [0.29, 0.717) is 10.9 Å². The molecule has 0 aliphatic rings. The van der Waals surface area contributed by atoms with E-state index in [-0.39, 0.29) is 5.56 Å². The number of hydrogen-bond acceptors (Lipinski definition) is 3. The standard InChI is InChI=1S/C14H11N3O2/c1-8-12(7-16-17-8)9-2-3-13-11(6-9)10(14(18)19)4-5-15-13/h2-7H,1H3,(H,16,17)(H,18,19). The summed E-state index contributed by atoms with van der Waals surface area (Å²) in [5, 5.41) is 16.7. The monoisotopic (exact) mass is 253 g/mol. The molecule has 5 nitrogen and oxygen atoms in total. The van der Waals surface area contributed by atoms with Crippen LogP contribution in [0.4, 0.5) is 0 Å². The van der Waals surface area contributed by atoms with Gasteiger partial charge < -0.3 is 5.11 Å².